The number of benzene rings is 2. The van der Waals surface area contributed by atoms with E-state index in [1.165, 1.54) is 0 Å². The maximum absolute atomic E-state index is 12.3. The Balaban J connectivity index is 0.000000461. The molecular weight excluding hydrogens is 270 g/mol. The van der Waals surface area contributed by atoms with E-state index in [4.69, 9.17) is 0 Å². The van der Waals surface area contributed by atoms with Gasteiger partial charge < -0.3 is 5.32 Å². The topological polar surface area (TPSA) is 46.2 Å². The van der Waals surface area contributed by atoms with E-state index in [1.54, 1.807) is 36.4 Å². The first-order valence-corrected chi connectivity index (χ1v) is 8.38. The quantitative estimate of drug-likeness (QED) is 0.657. The average molecular weight is 291 g/mol. The van der Waals surface area contributed by atoms with Gasteiger partial charge in [-0.1, -0.05) is 52.0 Å². The highest BCUT2D eigenvalue weighted by Crippen LogP contribution is 2.38. The van der Waals surface area contributed by atoms with Crippen molar-refractivity contribution in [1.82, 2.24) is 0 Å². The summed E-state index contributed by atoms with van der Waals surface area (Å²) >= 11 is 0. The Morgan fingerprint density at radius 2 is 1.05 bits per heavy atom. The van der Waals surface area contributed by atoms with Gasteiger partial charge in [-0.15, -0.1) is 0 Å². The lowest BCUT2D eigenvalue weighted by Gasteiger charge is -2.20. The first-order valence-electron chi connectivity index (χ1n) is 6.90. The summed E-state index contributed by atoms with van der Waals surface area (Å²) in [5.41, 5.74) is 1.28. The van der Waals surface area contributed by atoms with Gasteiger partial charge in [-0.3, -0.25) is 0 Å². The van der Waals surface area contributed by atoms with E-state index in [-0.39, 0.29) is 0 Å². The molecule has 4 heteroatoms. The van der Waals surface area contributed by atoms with Gasteiger partial charge in [0.05, 0.1) is 21.2 Å². The smallest absolute Gasteiger partial charge is 0.210 e. The van der Waals surface area contributed by atoms with Gasteiger partial charge in [0.2, 0.25) is 9.84 Å². The molecule has 2 aromatic carbocycles. The number of para-hydroxylation sites is 2. The van der Waals surface area contributed by atoms with Crippen molar-refractivity contribution in [3.8, 4) is 0 Å². The molecule has 0 aliphatic carbocycles. The fraction of sp³-hybridized carbons (Fsp3) is 0.250. The zero-order valence-corrected chi connectivity index (χ0v) is 13.2. The minimum atomic E-state index is -3.36. The van der Waals surface area contributed by atoms with Crippen LogP contribution in [-0.4, -0.2) is 8.42 Å². The standard InChI is InChI=1S/C12H9NO2S.2C2H6/c14-16(15)11-7-3-1-5-9(11)13-10-6-2-4-8-12(10)16;2*1-2/h1-8,13H;2*1-2H3. The summed E-state index contributed by atoms with van der Waals surface area (Å²) in [4.78, 5) is 0.683. The number of anilines is 2. The molecule has 1 aliphatic heterocycles. The Hall–Kier alpha value is -1.81. The number of hydrogen-bond acceptors (Lipinski definition) is 3. The molecule has 0 spiro atoms. The third kappa shape index (κ3) is 2.85. The van der Waals surface area contributed by atoms with Gasteiger partial charge in [0.25, 0.3) is 0 Å². The molecule has 1 aliphatic rings. The molecule has 0 fully saturated rings. The third-order valence-corrected chi connectivity index (χ3v) is 4.49. The van der Waals surface area contributed by atoms with Crippen LogP contribution in [0, 0.1) is 0 Å². The van der Waals surface area contributed by atoms with Crippen molar-refractivity contribution >= 4 is 21.2 Å². The molecule has 0 aromatic heterocycles. The van der Waals surface area contributed by atoms with Crippen molar-refractivity contribution in [2.45, 2.75) is 37.5 Å². The van der Waals surface area contributed by atoms with Gasteiger partial charge >= 0.3 is 0 Å². The van der Waals surface area contributed by atoms with E-state index >= 15 is 0 Å². The number of hydrogen-bond donors (Lipinski definition) is 1. The second kappa shape index (κ2) is 7.10. The average Bonchev–Trinajstić information content (AvgIpc) is 2.52. The molecule has 20 heavy (non-hydrogen) atoms. The van der Waals surface area contributed by atoms with Crippen LogP contribution in [0.2, 0.25) is 0 Å². The maximum Gasteiger partial charge on any atom is 0.210 e. The van der Waals surface area contributed by atoms with Gasteiger partial charge in [0.1, 0.15) is 0 Å². The van der Waals surface area contributed by atoms with Gasteiger partial charge in [-0.2, -0.15) is 0 Å². The van der Waals surface area contributed by atoms with Crippen molar-refractivity contribution in [1.29, 1.82) is 0 Å². The molecule has 0 saturated carbocycles. The lowest BCUT2D eigenvalue weighted by molar-refractivity contribution is 0.596. The first kappa shape index (κ1) is 16.2. The maximum atomic E-state index is 12.3. The molecule has 2 aromatic rings. The molecule has 0 atom stereocenters. The van der Waals surface area contributed by atoms with Crippen molar-refractivity contribution < 1.29 is 8.42 Å². The zero-order valence-electron chi connectivity index (χ0n) is 12.3. The van der Waals surface area contributed by atoms with Crippen LogP contribution in [0.5, 0.6) is 0 Å². The summed E-state index contributed by atoms with van der Waals surface area (Å²) in [5, 5.41) is 3.12. The molecule has 0 radical (unpaired) electrons. The predicted molar refractivity (Wildman–Crippen MR) is 84.3 cm³/mol. The lowest BCUT2D eigenvalue weighted by Crippen LogP contribution is -2.13. The Morgan fingerprint density at radius 3 is 1.45 bits per heavy atom. The molecule has 3 nitrogen and oxygen atoms in total. The van der Waals surface area contributed by atoms with Crippen molar-refractivity contribution in [3.05, 3.63) is 48.5 Å². The molecule has 108 valence electrons. The minimum Gasteiger partial charge on any atom is -0.353 e. The van der Waals surface area contributed by atoms with Crippen molar-refractivity contribution in [2.24, 2.45) is 0 Å². The van der Waals surface area contributed by atoms with E-state index in [1.807, 2.05) is 39.8 Å². The predicted octanol–water partition coefficient (Wildman–Crippen LogP) is 4.63. The van der Waals surface area contributed by atoms with Crippen LogP contribution in [0.15, 0.2) is 58.3 Å². The molecular formula is C16H21NO2S. The Labute approximate surface area is 121 Å². The summed E-state index contributed by atoms with van der Waals surface area (Å²) in [6.45, 7) is 8.00. The van der Waals surface area contributed by atoms with Crippen LogP contribution in [-0.2, 0) is 9.84 Å². The van der Waals surface area contributed by atoms with E-state index in [0.717, 1.165) is 0 Å². The fourth-order valence-corrected chi connectivity index (χ4v) is 3.44. The van der Waals surface area contributed by atoms with Crippen LogP contribution in [0.1, 0.15) is 27.7 Å². The van der Waals surface area contributed by atoms with Gasteiger partial charge in [0.15, 0.2) is 0 Å². The molecule has 3 rings (SSSR count). The van der Waals surface area contributed by atoms with Crippen LogP contribution < -0.4 is 5.32 Å². The number of nitrogens with one attached hydrogen (secondary N) is 1. The second-order valence-corrected chi connectivity index (χ2v) is 5.51. The highest BCUT2D eigenvalue weighted by molar-refractivity contribution is 7.92. The molecule has 0 saturated heterocycles. The van der Waals surface area contributed by atoms with Crippen molar-refractivity contribution in [3.63, 3.8) is 0 Å². The number of sulfone groups is 1. The fourth-order valence-electron chi connectivity index (χ4n) is 1.87. The van der Waals surface area contributed by atoms with Crippen LogP contribution in [0.3, 0.4) is 0 Å². The monoisotopic (exact) mass is 291 g/mol. The third-order valence-electron chi connectivity index (χ3n) is 2.62. The summed E-state index contributed by atoms with van der Waals surface area (Å²) in [6.07, 6.45) is 0. The minimum absolute atomic E-state index is 0.341. The van der Waals surface area contributed by atoms with Crippen molar-refractivity contribution in [2.75, 3.05) is 5.32 Å². The van der Waals surface area contributed by atoms with Gasteiger partial charge in [-0.05, 0) is 24.3 Å². The zero-order chi connectivity index (χ0) is 15.2. The molecule has 0 unspecified atom stereocenters. The van der Waals surface area contributed by atoms with Gasteiger partial charge in [-0.25, -0.2) is 8.42 Å². The number of rotatable bonds is 0. The molecule has 0 bridgehead atoms. The van der Waals surface area contributed by atoms with Crippen LogP contribution in [0.4, 0.5) is 11.4 Å². The second-order valence-electron chi connectivity index (χ2n) is 3.62. The molecule has 1 heterocycles. The lowest BCUT2D eigenvalue weighted by atomic mass is 10.2. The van der Waals surface area contributed by atoms with Crippen LogP contribution >= 0.6 is 0 Å². The van der Waals surface area contributed by atoms with Gasteiger partial charge in [0, 0.05) is 0 Å². The summed E-state index contributed by atoms with van der Waals surface area (Å²) in [6, 6.07) is 13.9. The molecule has 0 amide bonds. The van der Waals surface area contributed by atoms with Crippen LogP contribution in [0.25, 0.3) is 0 Å². The Morgan fingerprint density at radius 1 is 0.700 bits per heavy atom. The van der Waals surface area contributed by atoms with E-state index in [9.17, 15) is 8.42 Å². The first-order chi connectivity index (χ1) is 9.69. The summed E-state index contributed by atoms with van der Waals surface area (Å²) < 4.78 is 24.5. The SMILES string of the molecule is CC.CC.O=S1(=O)c2ccccc2Nc2ccccc21. The largest absolute Gasteiger partial charge is 0.353 e. The normalized spacial score (nSPS) is 13.2. The number of fused-ring (bicyclic) bond motifs is 2. The van der Waals surface area contributed by atoms with E-state index < -0.39 is 9.84 Å². The molecule has 1 N–H and O–H groups in total. The van der Waals surface area contributed by atoms with E-state index in [2.05, 4.69) is 5.32 Å². The highest BCUT2D eigenvalue weighted by atomic mass is 32.2. The Bertz CT molecular complexity index is 612. The summed E-state index contributed by atoms with van der Waals surface area (Å²) in [7, 11) is -3.36. The van der Waals surface area contributed by atoms with E-state index in [0.29, 0.717) is 21.2 Å². The Kier molecular flexibility index (Phi) is 5.77. The highest BCUT2D eigenvalue weighted by Gasteiger charge is 2.28. The summed E-state index contributed by atoms with van der Waals surface area (Å²) in [5.74, 6) is 0.